The topological polar surface area (TPSA) is 0 Å². The molecule has 32 valence electrons. The van der Waals surface area contributed by atoms with Crippen LogP contribution in [-0.2, 0) is 65.2 Å². The Morgan fingerprint density at radius 2 is 0.286 bits per heavy atom. The van der Waals surface area contributed by atoms with Gasteiger partial charge in [-0.25, -0.2) is 0 Å². The molecule has 0 radical (unpaired) electrons. The molecule has 0 amide bonds. The van der Waals surface area contributed by atoms with Crippen LogP contribution < -0.4 is 0 Å². The SMILES string of the molecule is [P-3].[P-3].[P-3].[P-3].[Ti+4].[Ti+4].[Ti+4]. The Hall–Kier alpha value is 3.86. The van der Waals surface area contributed by atoms with Gasteiger partial charge in [-0.15, -0.1) is 0 Å². The minimum atomic E-state index is 0. The Bertz CT molecular complexity index is 6.90. The van der Waals surface area contributed by atoms with Crippen molar-refractivity contribution in [1.82, 2.24) is 0 Å². The summed E-state index contributed by atoms with van der Waals surface area (Å²) < 4.78 is 0. The van der Waals surface area contributed by atoms with Gasteiger partial charge in [0.25, 0.3) is 0 Å². The van der Waals surface area contributed by atoms with E-state index in [9.17, 15) is 0 Å². The second kappa shape index (κ2) is 51.9. The van der Waals surface area contributed by atoms with Crippen LogP contribution in [0.15, 0.2) is 0 Å². The van der Waals surface area contributed by atoms with Gasteiger partial charge in [-0.05, 0) is 0 Å². The van der Waals surface area contributed by atoms with Crippen LogP contribution in [0, 0.1) is 0 Å². The van der Waals surface area contributed by atoms with Gasteiger partial charge in [0.1, 0.15) is 0 Å². The third-order valence-electron chi connectivity index (χ3n) is 0. The summed E-state index contributed by atoms with van der Waals surface area (Å²) in [5, 5.41) is 0. The molecular formula is P4Ti3. The fourth-order valence-electron chi connectivity index (χ4n) is 0. The van der Waals surface area contributed by atoms with Crippen LogP contribution in [-0.4, -0.2) is 0 Å². The maximum absolute atomic E-state index is 0. The van der Waals surface area contributed by atoms with Crippen LogP contribution in [0.4, 0.5) is 0 Å². The molecule has 0 fully saturated rings. The molecule has 0 heterocycles. The molecule has 0 saturated carbocycles. The van der Waals surface area contributed by atoms with Crippen molar-refractivity contribution in [2.45, 2.75) is 0 Å². The van der Waals surface area contributed by atoms with E-state index in [-0.39, 0.29) is 105 Å². The average molecular weight is 267 g/mol. The fourth-order valence-corrected chi connectivity index (χ4v) is 0. The molecule has 0 bridgehead atoms. The minimum absolute atomic E-state index is 0. The summed E-state index contributed by atoms with van der Waals surface area (Å²) in [6, 6.07) is 0. The molecule has 0 aliphatic carbocycles. The second-order valence-corrected chi connectivity index (χ2v) is 0. The first-order valence-corrected chi connectivity index (χ1v) is 0. The van der Waals surface area contributed by atoms with E-state index in [4.69, 9.17) is 0 Å². The molecule has 0 saturated heterocycles. The van der Waals surface area contributed by atoms with Crippen molar-refractivity contribution in [3.05, 3.63) is 0 Å². The summed E-state index contributed by atoms with van der Waals surface area (Å²) >= 11 is 0. The van der Waals surface area contributed by atoms with Gasteiger partial charge in [0.2, 0.25) is 0 Å². The predicted molar refractivity (Wildman–Crippen MR) is 27.7 cm³/mol. The molecule has 0 nitrogen and oxygen atoms in total. The standard InChI is InChI=1S/4P.3Ti/q4*-3;3*+4. The normalized spacial score (nSPS) is 0. The second-order valence-electron chi connectivity index (χ2n) is 0. The third kappa shape index (κ3) is 40.9. The van der Waals surface area contributed by atoms with Gasteiger partial charge in [0.15, 0.2) is 0 Å². The van der Waals surface area contributed by atoms with Crippen molar-refractivity contribution >= 4 is 39.6 Å². The molecule has 0 aliphatic heterocycles. The zero-order chi connectivity index (χ0) is 0. The molecule has 0 aromatic heterocycles. The zero-order valence-electron chi connectivity index (χ0n) is 3.29. The molecule has 0 spiro atoms. The molecule has 7 heavy (non-hydrogen) atoms. The van der Waals surface area contributed by atoms with Crippen LogP contribution in [0.3, 0.4) is 0 Å². The summed E-state index contributed by atoms with van der Waals surface area (Å²) in [6.07, 6.45) is 0. The first-order chi connectivity index (χ1) is 0. The van der Waals surface area contributed by atoms with Gasteiger partial charge >= 0.3 is 65.2 Å². The number of hydrogen-bond acceptors (Lipinski definition) is 0. The molecule has 0 N–H and O–H groups in total. The van der Waals surface area contributed by atoms with E-state index in [1.165, 1.54) is 0 Å². The van der Waals surface area contributed by atoms with E-state index in [0.717, 1.165) is 0 Å². The van der Waals surface area contributed by atoms with Gasteiger partial charge in [0.05, 0.1) is 0 Å². The van der Waals surface area contributed by atoms with Crippen molar-refractivity contribution < 1.29 is 65.2 Å². The maximum atomic E-state index is 0. The Morgan fingerprint density at radius 3 is 0.286 bits per heavy atom. The monoisotopic (exact) mass is 268 g/mol. The van der Waals surface area contributed by atoms with Gasteiger partial charge in [-0.1, -0.05) is 0 Å². The minimum Gasteiger partial charge on any atom is -3.00 e. The third-order valence-corrected chi connectivity index (χ3v) is 0. The van der Waals surface area contributed by atoms with E-state index < -0.39 is 0 Å². The number of hydrogen-bond donors (Lipinski definition) is 0. The van der Waals surface area contributed by atoms with Gasteiger partial charge < -0.3 is 39.6 Å². The van der Waals surface area contributed by atoms with Crippen LogP contribution in [0.2, 0.25) is 0 Å². The first-order valence-electron chi connectivity index (χ1n) is 0. The summed E-state index contributed by atoms with van der Waals surface area (Å²) in [5.74, 6) is 0. The summed E-state index contributed by atoms with van der Waals surface area (Å²) in [7, 11) is 0. The first kappa shape index (κ1) is 70.8. The van der Waals surface area contributed by atoms with E-state index in [2.05, 4.69) is 0 Å². The van der Waals surface area contributed by atoms with Crippen molar-refractivity contribution in [3.8, 4) is 0 Å². The quantitative estimate of drug-likeness (QED) is 0.466. The predicted octanol–water partition coefficient (Wildman–Crippen LogP) is 3.44. The van der Waals surface area contributed by atoms with Crippen molar-refractivity contribution in [3.63, 3.8) is 0 Å². The summed E-state index contributed by atoms with van der Waals surface area (Å²) in [6.45, 7) is 0. The van der Waals surface area contributed by atoms with Crippen molar-refractivity contribution in [2.24, 2.45) is 0 Å². The molecule has 0 aromatic carbocycles. The molecule has 0 aliphatic rings. The van der Waals surface area contributed by atoms with E-state index in [1.54, 1.807) is 0 Å². The van der Waals surface area contributed by atoms with Gasteiger partial charge in [-0.3, -0.25) is 0 Å². The van der Waals surface area contributed by atoms with E-state index in [1.807, 2.05) is 0 Å². The molecule has 0 unspecified atom stereocenters. The Kier molecular flexibility index (Phi) is 525. The largest absolute Gasteiger partial charge is 4.00 e. The van der Waals surface area contributed by atoms with Crippen molar-refractivity contribution in [1.29, 1.82) is 0 Å². The smallest absolute Gasteiger partial charge is 3.00 e. The summed E-state index contributed by atoms with van der Waals surface area (Å²) in [5.41, 5.74) is 0. The Balaban J connectivity index is 0. The van der Waals surface area contributed by atoms with Crippen LogP contribution in [0.25, 0.3) is 0 Å². The Morgan fingerprint density at radius 1 is 0.286 bits per heavy atom. The van der Waals surface area contributed by atoms with E-state index in [0.29, 0.717) is 0 Å². The zero-order valence-corrected chi connectivity index (χ0v) is 11.6. The average Bonchev–Trinajstić information content (AvgIpc) is 0. The molecular weight excluding hydrogens is 267 g/mol. The van der Waals surface area contributed by atoms with E-state index >= 15 is 0 Å². The van der Waals surface area contributed by atoms with Gasteiger partial charge in [-0.2, -0.15) is 0 Å². The molecule has 0 rings (SSSR count). The molecule has 0 aromatic rings. The van der Waals surface area contributed by atoms with Crippen LogP contribution in [0.1, 0.15) is 0 Å². The van der Waals surface area contributed by atoms with Gasteiger partial charge in [0, 0.05) is 0 Å². The maximum Gasteiger partial charge on any atom is 4.00 e. The number of rotatable bonds is 0. The van der Waals surface area contributed by atoms with Crippen molar-refractivity contribution in [2.75, 3.05) is 0 Å². The van der Waals surface area contributed by atoms with Crippen LogP contribution in [0.5, 0.6) is 0 Å². The fraction of sp³-hybridized carbons (Fsp3) is 0. The summed E-state index contributed by atoms with van der Waals surface area (Å²) in [4.78, 5) is 0. The Labute approximate surface area is 103 Å². The molecule has 0 atom stereocenters. The molecule has 7 heteroatoms. The van der Waals surface area contributed by atoms with Crippen LogP contribution >= 0.6 is 39.6 Å².